The van der Waals surface area contributed by atoms with E-state index in [1.54, 1.807) is 18.2 Å². The molecule has 1 aromatic carbocycles. The van der Waals surface area contributed by atoms with Crippen LogP contribution < -0.4 is 11.3 Å². The summed E-state index contributed by atoms with van der Waals surface area (Å²) >= 11 is 0. The van der Waals surface area contributed by atoms with E-state index in [2.05, 4.69) is 11.2 Å². The molecular weight excluding hydrogens is 280 g/mol. The second-order valence-corrected chi connectivity index (χ2v) is 5.25. The van der Waals surface area contributed by atoms with Gasteiger partial charge in [0.05, 0.1) is 17.3 Å². The Morgan fingerprint density at radius 3 is 2.73 bits per heavy atom. The molecular formula is C16H16N4O2. The fourth-order valence-corrected chi connectivity index (χ4v) is 2.18. The van der Waals surface area contributed by atoms with Crippen LogP contribution in [0.2, 0.25) is 0 Å². The Balaban J connectivity index is 2.65. The molecule has 0 unspecified atom stereocenters. The molecule has 0 radical (unpaired) electrons. The van der Waals surface area contributed by atoms with Crippen molar-refractivity contribution in [3.05, 3.63) is 51.9 Å². The van der Waals surface area contributed by atoms with Gasteiger partial charge in [-0.25, -0.2) is 4.68 Å². The summed E-state index contributed by atoms with van der Waals surface area (Å²) < 4.78 is 1.06. The number of hydrogen-bond donors (Lipinski definition) is 1. The summed E-state index contributed by atoms with van der Waals surface area (Å²) in [5.74, 6) is -0.580. The zero-order valence-corrected chi connectivity index (χ0v) is 12.4. The molecule has 22 heavy (non-hydrogen) atoms. The molecule has 0 fully saturated rings. The number of aromatic nitrogens is 2. The Bertz CT molecular complexity index is 816. The van der Waals surface area contributed by atoms with Crippen molar-refractivity contribution < 1.29 is 4.79 Å². The van der Waals surface area contributed by atoms with Crippen molar-refractivity contribution >= 4 is 5.91 Å². The number of carbonyl (C=O) groups is 1. The molecule has 0 aliphatic rings. The lowest BCUT2D eigenvalue weighted by Crippen LogP contribution is -2.30. The Kier molecular flexibility index (Phi) is 4.37. The van der Waals surface area contributed by atoms with Crippen LogP contribution in [0.4, 0.5) is 0 Å². The lowest BCUT2D eigenvalue weighted by molar-refractivity contribution is -0.118. The molecule has 6 nitrogen and oxygen atoms in total. The average molecular weight is 296 g/mol. The Labute approximate surface area is 127 Å². The first-order valence-corrected chi connectivity index (χ1v) is 6.83. The number of primary amides is 1. The predicted octanol–water partition coefficient (Wildman–Crippen LogP) is 1.39. The van der Waals surface area contributed by atoms with Crippen molar-refractivity contribution in [2.75, 3.05) is 0 Å². The van der Waals surface area contributed by atoms with E-state index in [1.165, 1.54) is 6.07 Å². The van der Waals surface area contributed by atoms with Crippen LogP contribution in [-0.2, 0) is 11.3 Å². The zero-order valence-electron chi connectivity index (χ0n) is 12.4. The monoisotopic (exact) mass is 296 g/mol. The number of nitriles is 1. The van der Waals surface area contributed by atoms with Crippen molar-refractivity contribution in [1.29, 1.82) is 5.26 Å². The molecule has 1 aromatic heterocycles. The first kappa shape index (κ1) is 15.4. The van der Waals surface area contributed by atoms with Crippen molar-refractivity contribution in [1.82, 2.24) is 9.78 Å². The number of amides is 1. The largest absolute Gasteiger partial charge is 0.368 e. The topological polar surface area (TPSA) is 102 Å². The molecule has 0 atom stereocenters. The molecule has 0 aliphatic carbocycles. The molecule has 1 heterocycles. The number of benzene rings is 1. The van der Waals surface area contributed by atoms with Gasteiger partial charge in [0.15, 0.2) is 0 Å². The van der Waals surface area contributed by atoms with E-state index >= 15 is 0 Å². The van der Waals surface area contributed by atoms with Crippen LogP contribution >= 0.6 is 0 Å². The first-order chi connectivity index (χ1) is 10.4. The van der Waals surface area contributed by atoms with E-state index in [9.17, 15) is 9.59 Å². The van der Waals surface area contributed by atoms with Crippen LogP contribution in [0.3, 0.4) is 0 Å². The number of nitrogens with zero attached hydrogens (tertiary/aromatic N) is 3. The molecule has 0 aliphatic heterocycles. The maximum Gasteiger partial charge on any atom is 0.267 e. The molecule has 6 heteroatoms. The van der Waals surface area contributed by atoms with Gasteiger partial charge in [-0.05, 0) is 23.6 Å². The molecule has 0 saturated heterocycles. The summed E-state index contributed by atoms with van der Waals surface area (Å²) in [5.41, 5.74) is 7.33. The van der Waals surface area contributed by atoms with Crippen molar-refractivity contribution in [2.24, 2.45) is 5.73 Å². The van der Waals surface area contributed by atoms with Gasteiger partial charge in [-0.1, -0.05) is 26.0 Å². The number of nitrogens with two attached hydrogens (primary N) is 1. The first-order valence-electron chi connectivity index (χ1n) is 6.83. The van der Waals surface area contributed by atoms with Crippen molar-refractivity contribution in [3.63, 3.8) is 0 Å². The third-order valence-electron chi connectivity index (χ3n) is 3.18. The highest BCUT2D eigenvalue weighted by Gasteiger charge is 2.15. The lowest BCUT2D eigenvalue weighted by atomic mass is 9.97. The summed E-state index contributed by atoms with van der Waals surface area (Å²) in [4.78, 5) is 23.1. The molecule has 0 spiro atoms. The predicted molar refractivity (Wildman–Crippen MR) is 81.9 cm³/mol. The van der Waals surface area contributed by atoms with E-state index < -0.39 is 11.5 Å². The minimum Gasteiger partial charge on any atom is -0.368 e. The van der Waals surface area contributed by atoms with Crippen LogP contribution in [-0.4, -0.2) is 15.7 Å². The smallest absolute Gasteiger partial charge is 0.267 e. The van der Waals surface area contributed by atoms with Gasteiger partial charge in [0.1, 0.15) is 6.54 Å². The van der Waals surface area contributed by atoms with E-state index in [0.717, 1.165) is 10.2 Å². The fraction of sp³-hybridized carbons (Fsp3) is 0.250. The van der Waals surface area contributed by atoms with E-state index in [4.69, 9.17) is 11.0 Å². The normalized spacial score (nSPS) is 10.5. The standard InChI is InChI=1S/C16H16N4O2/c1-10(2)16-13(12-5-3-4-11(6-12)8-17)7-15(22)20(19-16)9-14(18)21/h3-7,10H,9H2,1-2H3,(H2,18,21). The van der Waals surface area contributed by atoms with Crippen LogP contribution in [0.5, 0.6) is 0 Å². The highest BCUT2D eigenvalue weighted by Crippen LogP contribution is 2.26. The number of carbonyl (C=O) groups excluding carboxylic acids is 1. The lowest BCUT2D eigenvalue weighted by Gasteiger charge is -2.14. The Hall–Kier alpha value is -2.94. The average Bonchev–Trinajstić information content (AvgIpc) is 2.48. The van der Waals surface area contributed by atoms with Gasteiger partial charge in [0, 0.05) is 11.6 Å². The molecule has 0 saturated carbocycles. The van der Waals surface area contributed by atoms with Crippen LogP contribution in [0.15, 0.2) is 35.1 Å². The van der Waals surface area contributed by atoms with Crippen LogP contribution in [0.25, 0.3) is 11.1 Å². The minimum absolute atomic E-state index is 0.0421. The Morgan fingerprint density at radius 1 is 1.41 bits per heavy atom. The van der Waals surface area contributed by atoms with Gasteiger partial charge < -0.3 is 5.73 Å². The van der Waals surface area contributed by atoms with E-state index in [0.29, 0.717) is 16.8 Å². The molecule has 2 aromatic rings. The second kappa shape index (κ2) is 6.22. The van der Waals surface area contributed by atoms with Crippen molar-refractivity contribution in [3.8, 4) is 17.2 Å². The molecule has 1 amide bonds. The molecule has 0 bridgehead atoms. The summed E-state index contributed by atoms with van der Waals surface area (Å²) in [6.07, 6.45) is 0. The van der Waals surface area contributed by atoms with Gasteiger partial charge in [-0.3, -0.25) is 9.59 Å². The summed E-state index contributed by atoms with van der Waals surface area (Å²) in [5, 5.41) is 13.3. The number of hydrogen-bond acceptors (Lipinski definition) is 4. The maximum absolute atomic E-state index is 12.1. The molecule has 2 N–H and O–H groups in total. The van der Waals surface area contributed by atoms with Gasteiger partial charge in [0.25, 0.3) is 5.56 Å². The van der Waals surface area contributed by atoms with Gasteiger partial charge in [-0.2, -0.15) is 10.4 Å². The quantitative estimate of drug-likeness (QED) is 0.921. The van der Waals surface area contributed by atoms with Crippen LogP contribution in [0.1, 0.15) is 31.0 Å². The van der Waals surface area contributed by atoms with E-state index in [1.807, 2.05) is 19.9 Å². The third kappa shape index (κ3) is 3.20. The van der Waals surface area contributed by atoms with E-state index in [-0.39, 0.29) is 12.5 Å². The second-order valence-electron chi connectivity index (χ2n) is 5.25. The zero-order chi connectivity index (χ0) is 16.3. The van der Waals surface area contributed by atoms with Gasteiger partial charge in [0.2, 0.25) is 5.91 Å². The minimum atomic E-state index is -0.622. The maximum atomic E-state index is 12.1. The third-order valence-corrected chi connectivity index (χ3v) is 3.18. The highest BCUT2D eigenvalue weighted by molar-refractivity contribution is 5.73. The highest BCUT2D eigenvalue weighted by atomic mass is 16.2. The Morgan fingerprint density at radius 2 is 2.14 bits per heavy atom. The summed E-state index contributed by atoms with van der Waals surface area (Å²) in [6.45, 7) is 3.63. The molecule has 112 valence electrons. The molecule has 2 rings (SSSR count). The SMILES string of the molecule is CC(C)c1nn(CC(N)=O)c(=O)cc1-c1cccc(C#N)c1. The summed E-state index contributed by atoms with van der Waals surface area (Å²) in [6, 6.07) is 10.5. The van der Waals surface area contributed by atoms with Crippen molar-refractivity contribution in [2.45, 2.75) is 26.3 Å². The fourth-order valence-electron chi connectivity index (χ4n) is 2.18. The van der Waals surface area contributed by atoms with Crippen LogP contribution in [0, 0.1) is 11.3 Å². The summed E-state index contributed by atoms with van der Waals surface area (Å²) in [7, 11) is 0. The van der Waals surface area contributed by atoms with Gasteiger partial charge in [-0.15, -0.1) is 0 Å². The number of rotatable bonds is 4. The van der Waals surface area contributed by atoms with Gasteiger partial charge >= 0.3 is 0 Å².